The number of hydrogen-bond donors (Lipinski definition) is 0. The van der Waals surface area contributed by atoms with Gasteiger partial charge in [0, 0.05) is 13.0 Å². The second kappa shape index (κ2) is 7.25. The summed E-state index contributed by atoms with van der Waals surface area (Å²) < 4.78 is 25.7. The maximum Gasteiger partial charge on any atom is 0.354 e. The predicted octanol–water partition coefficient (Wildman–Crippen LogP) is 1.94. The molecule has 1 unspecified atom stereocenters. The minimum Gasteiger partial charge on any atom is -0.495 e. The van der Waals surface area contributed by atoms with Crippen molar-refractivity contribution in [2.75, 3.05) is 14.2 Å². The molecule has 10 heteroatoms. The van der Waals surface area contributed by atoms with E-state index in [1.807, 2.05) is 0 Å². The van der Waals surface area contributed by atoms with Crippen LogP contribution in [0.3, 0.4) is 0 Å². The van der Waals surface area contributed by atoms with E-state index in [1.54, 1.807) is 6.92 Å². The SMILES string of the molecule is COC(=O)C1=CC(OC)=C(Cl)C(=O)C12OC(=O)c1c(OC(C)=O)cc(C)cc1O2. The van der Waals surface area contributed by atoms with Gasteiger partial charge in [-0.15, -0.1) is 0 Å². The minimum absolute atomic E-state index is 0.113. The zero-order valence-electron chi connectivity index (χ0n) is 15.8. The fraction of sp³-hybridized carbons (Fsp3) is 0.263. The monoisotopic (exact) mass is 422 g/mol. The van der Waals surface area contributed by atoms with Crippen molar-refractivity contribution in [1.29, 1.82) is 0 Å². The van der Waals surface area contributed by atoms with Crippen LogP contribution in [-0.4, -0.2) is 43.7 Å². The van der Waals surface area contributed by atoms with Gasteiger partial charge in [-0.05, 0) is 24.6 Å². The summed E-state index contributed by atoms with van der Waals surface area (Å²) in [4.78, 5) is 49.5. The van der Waals surface area contributed by atoms with Crippen LogP contribution in [0.2, 0.25) is 0 Å². The van der Waals surface area contributed by atoms with Gasteiger partial charge in [-0.3, -0.25) is 9.59 Å². The molecule has 0 amide bonds. The maximum absolute atomic E-state index is 13.0. The Balaban J connectivity index is 2.22. The Kier molecular flexibility index (Phi) is 5.10. The summed E-state index contributed by atoms with van der Waals surface area (Å²) in [5.41, 5.74) is -0.109. The molecular weight excluding hydrogens is 408 g/mol. The van der Waals surface area contributed by atoms with Gasteiger partial charge in [0.1, 0.15) is 33.4 Å². The molecule has 152 valence electrons. The van der Waals surface area contributed by atoms with Gasteiger partial charge >= 0.3 is 23.7 Å². The van der Waals surface area contributed by atoms with Crippen LogP contribution in [0, 0.1) is 6.92 Å². The first-order valence-electron chi connectivity index (χ1n) is 8.19. The molecule has 9 nitrogen and oxygen atoms in total. The van der Waals surface area contributed by atoms with E-state index in [0.717, 1.165) is 20.1 Å². The zero-order valence-corrected chi connectivity index (χ0v) is 16.5. The molecule has 0 aromatic heterocycles. The molecule has 0 saturated carbocycles. The molecule has 3 rings (SSSR count). The first-order chi connectivity index (χ1) is 13.6. The lowest BCUT2D eigenvalue weighted by Crippen LogP contribution is -2.56. The lowest BCUT2D eigenvalue weighted by molar-refractivity contribution is -0.169. The van der Waals surface area contributed by atoms with Gasteiger partial charge in [-0.1, -0.05) is 11.6 Å². The third-order valence-corrected chi connectivity index (χ3v) is 4.49. The number of halogens is 1. The van der Waals surface area contributed by atoms with Crippen molar-refractivity contribution in [1.82, 2.24) is 0 Å². The molecule has 0 saturated heterocycles. The molecule has 1 atom stereocenters. The highest BCUT2D eigenvalue weighted by Gasteiger charge is 2.59. The number of hydrogen-bond acceptors (Lipinski definition) is 9. The molecule has 1 spiro atoms. The van der Waals surface area contributed by atoms with Crippen LogP contribution in [0.1, 0.15) is 22.8 Å². The number of carbonyl (C=O) groups is 4. The van der Waals surface area contributed by atoms with Crippen LogP contribution in [-0.2, 0) is 28.6 Å². The van der Waals surface area contributed by atoms with Gasteiger partial charge in [-0.2, -0.15) is 0 Å². The van der Waals surface area contributed by atoms with Gasteiger partial charge in [0.15, 0.2) is 0 Å². The smallest absolute Gasteiger partial charge is 0.354 e. The summed E-state index contributed by atoms with van der Waals surface area (Å²) in [6.45, 7) is 2.81. The molecule has 1 heterocycles. The number of esters is 3. The van der Waals surface area contributed by atoms with Crippen molar-refractivity contribution in [3.63, 3.8) is 0 Å². The van der Waals surface area contributed by atoms with E-state index in [-0.39, 0.29) is 22.8 Å². The van der Waals surface area contributed by atoms with E-state index in [0.29, 0.717) is 5.56 Å². The third-order valence-electron chi connectivity index (χ3n) is 4.13. The summed E-state index contributed by atoms with van der Waals surface area (Å²) in [6, 6.07) is 2.86. The Bertz CT molecular complexity index is 1020. The number of methoxy groups -OCH3 is 2. The summed E-state index contributed by atoms with van der Waals surface area (Å²) in [7, 11) is 2.32. The normalized spacial score (nSPS) is 20.4. The van der Waals surface area contributed by atoms with Gasteiger partial charge in [0.25, 0.3) is 5.78 Å². The van der Waals surface area contributed by atoms with Crippen molar-refractivity contribution < 1.29 is 42.9 Å². The quantitative estimate of drug-likeness (QED) is 0.532. The average Bonchev–Trinajstić information content (AvgIpc) is 2.64. The molecule has 1 aliphatic carbocycles. The predicted molar refractivity (Wildman–Crippen MR) is 96.3 cm³/mol. The van der Waals surface area contributed by atoms with E-state index in [4.69, 9.17) is 35.3 Å². The van der Waals surface area contributed by atoms with Crippen LogP contribution in [0.25, 0.3) is 0 Å². The van der Waals surface area contributed by atoms with Gasteiger partial charge in [0.2, 0.25) is 0 Å². The number of ether oxygens (including phenoxy) is 5. The zero-order chi connectivity index (χ0) is 21.5. The second-order valence-electron chi connectivity index (χ2n) is 6.10. The van der Waals surface area contributed by atoms with E-state index < -0.39 is 40.1 Å². The van der Waals surface area contributed by atoms with Crippen LogP contribution < -0.4 is 9.47 Å². The van der Waals surface area contributed by atoms with Crippen molar-refractivity contribution in [3.05, 3.63) is 45.7 Å². The van der Waals surface area contributed by atoms with Crippen molar-refractivity contribution in [2.24, 2.45) is 0 Å². The Morgan fingerprint density at radius 2 is 1.83 bits per heavy atom. The molecular formula is C19H15ClO9. The van der Waals surface area contributed by atoms with E-state index in [1.165, 1.54) is 19.2 Å². The summed E-state index contributed by atoms with van der Waals surface area (Å²) in [6.07, 6.45) is 1.09. The third kappa shape index (κ3) is 3.23. The molecule has 1 aliphatic heterocycles. The number of Topliss-reactive ketones (excluding diaryl/α,β-unsaturated/α-hetero) is 1. The van der Waals surface area contributed by atoms with Crippen LogP contribution in [0.5, 0.6) is 11.5 Å². The topological polar surface area (TPSA) is 114 Å². The first kappa shape index (κ1) is 20.4. The number of fused-ring (bicyclic) bond motifs is 1. The van der Waals surface area contributed by atoms with E-state index >= 15 is 0 Å². The highest BCUT2D eigenvalue weighted by atomic mass is 35.5. The standard InChI is InChI=1S/C19H15ClO9/c1-8-5-11(27-9(2)21)14-12(6-8)28-19(29-18(14)24)10(17(23)26-4)7-13(25-3)15(20)16(19)22/h5-7H,1-4H3. The largest absolute Gasteiger partial charge is 0.495 e. The molecule has 0 fully saturated rings. The number of ketones is 1. The number of carbonyl (C=O) groups excluding carboxylic acids is 4. The van der Waals surface area contributed by atoms with Crippen molar-refractivity contribution in [3.8, 4) is 11.5 Å². The van der Waals surface area contributed by atoms with Gasteiger partial charge in [-0.25, -0.2) is 9.59 Å². The van der Waals surface area contributed by atoms with Gasteiger partial charge in [0.05, 0.1) is 14.2 Å². The summed E-state index contributed by atoms with van der Waals surface area (Å²) >= 11 is 6.04. The van der Waals surface area contributed by atoms with Crippen LogP contribution >= 0.6 is 11.6 Å². The number of benzene rings is 1. The fourth-order valence-electron chi connectivity index (χ4n) is 2.92. The number of rotatable bonds is 3. The number of aryl methyl sites for hydroxylation is 1. The van der Waals surface area contributed by atoms with Crippen LogP contribution in [0.4, 0.5) is 0 Å². The molecule has 1 aromatic carbocycles. The number of allylic oxidation sites excluding steroid dienone is 1. The summed E-state index contributed by atoms with van der Waals surface area (Å²) in [5, 5.41) is -0.440. The lowest BCUT2D eigenvalue weighted by Gasteiger charge is -2.38. The van der Waals surface area contributed by atoms with Gasteiger partial charge < -0.3 is 23.7 Å². The lowest BCUT2D eigenvalue weighted by atomic mass is 9.93. The Morgan fingerprint density at radius 3 is 2.41 bits per heavy atom. The summed E-state index contributed by atoms with van der Waals surface area (Å²) in [5.74, 6) is -6.66. The Hall–Kier alpha value is -3.33. The molecule has 0 N–H and O–H groups in total. The molecule has 0 bridgehead atoms. The highest BCUT2D eigenvalue weighted by molar-refractivity contribution is 6.45. The van der Waals surface area contributed by atoms with Crippen molar-refractivity contribution in [2.45, 2.75) is 19.6 Å². The fourth-order valence-corrected chi connectivity index (χ4v) is 3.17. The van der Waals surface area contributed by atoms with Crippen LogP contribution in [0.15, 0.2) is 34.6 Å². The van der Waals surface area contributed by atoms with E-state index in [2.05, 4.69) is 0 Å². The minimum atomic E-state index is -2.52. The second-order valence-corrected chi connectivity index (χ2v) is 6.48. The average molecular weight is 423 g/mol. The highest BCUT2D eigenvalue weighted by Crippen LogP contribution is 2.45. The molecule has 1 aromatic rings. The van der Waals surface area contributed by atoms with Crippen molar-refractivity contribution >= 4 is 35.3 Å². The molecule has 29 heavy (non-hydrogen) atoms. The molecule has 2 aliphatic rings. The Morgan fingerprint density at radius 1 is 1.14 bits per heavy atom. The first-order valence-corrected chi connectivity index (χ1v) is 8.56. The maximum atomic E-state index is 13.0. The Labute approximate surface area is 169 Å². The van der Waals surface area contributed by atoms with E-state index in [9.17, 15) is 19.2 Å². The molecule has 0 radical (unpaired) electrons.